The van der Waals surface area contributed by atoms with Gasteiger partial charge in [0.25, 0.3) is 0 Å². The summed E-state index contributed by atoms with van der Waals surface area (Å²) in [4.78, 5) is 23.3. The van der Waals surface area contributed by atoms with Gasteiger partial charge in [0.05, 0.1) is 6.61 Å². The van der Waals surface area contributed by atoms with Crippen LogP contribution in [-0.2, 0) is 19.1 Å². The molecule has 5 heteroatoms. The Labute approximate surface area is 223 Å². The van der Waals surface area contributed by atoms with E-state index in [0.29, 0.717) is 19.3 Å². The molecule has 0 aliphatic carbocycles. The Morgan fingerprint density at radius 3 is 1.28 bits per heavy atom. The van der Waals surface area contributed by atoms with Crippen LogP contribution in [0.25, 0.3) is 0 Å². The molecule has 1 N–H and O–H groups in total. The molecule has 0 aliphatic rings. The Balaban J connectivity index is 3.32. The summed E-state index contributed by atoms with van der Waals surface area (Å²) in [5.41, 5.74) is 0. The fourth-order valence-electron chi connectivity index (χ4n) is 4.53. The van der Waals surface area contributed by atoms with E-state index in [-0.39, 0.29) is 25.2 Å². The molecule has 0 fully saturated rings. The third kappa shape index (κ3) is 26.0. The molecular weight excluding hydrogens is 452 g/mol. The smallest absolute Gasteiger partial charge is 0.306 e. The van der Waals surface area contributed by atoms with Gasteiger partial charge in [0, 0.05) is 12.8 Å². The van der Waals surface area contributed by atoms with Gasteiger partial charge < -0.3 is 14.6 Å². The van der Waals surface area contributed by atoms with E-state index in [4.69, 9.17) is 9.47 Å². The number of rotatable bonds is 28. The molecule has 0 aromatic heterocycles. The van der Waals surface area contributed by atoms with Crippen LogP contribution in [0.3, 0.4) is 0 Å². The van der Waals surface area contributed by atoms with Gasteiger partial charge in [-0.2, -0.15) is 0 Å². The van der Waals surface area contributed by atoms with Crippen LogP contribution in [0.5, 0.6) is 0 Å². The first-order valence-electron chi connectivity index (χ1n) is 15.6. The van der Waals surface area contributed by atoms with Crippen molar-refractivity contribution in [2.24, 2.45) is 0 Å². The van der Waals surface area contributed by atoms with Crippen LogP contribution in [0.4, 0.5) is 0 Å². The highest BCUT2D eigenvalue weighted by atomic mass is 16.6. The van der Waals surface area contributed by atoms with Crippen molar-refractivity contribution in [2.45, 2.75) is 174 Å². The molecule has 0 aliphatic heterocycles. The highest BCUT2D eigenvalue weighted by Gasteiger charge is 2.15. The molecule has 0 heterocycles. The lowest BCUT2D eigenvalue weighted by molar-refractivity contribution is -0.161. The summed E-state index contributed by atoms with van der Waals surface area (Å²) >= 11 is 0. The molecule has 0 saturated carbocycles. The highest BCUT2D eigenvalue weighted by molar-refractivity contribution is 5.70. The lowest BCUT2D eigenvalue weighted by Gasteiger charge is -2.15. The zero-order valence-corrected chi connectivity index (χ0v) is 24.0. The number of carbonyl (C=O) groups is 2. The third-order valence-corrected chi connectivity index (χ3v) is 6.87. The Kier molecular flexibility index (Phi) is 27.6. The van der Waals surface area contributed by atoms with E-state index in [1.54, 1.807) is 0 Å². The number of aliphatic hydroxyl groups excluding tert-OH is 1. The summed E-state index contributed by atoms with van der Waals surface area (Å²) in [5.74, 6) is -0.644. The molecular formula is C31H60O5. The van der Waals surface area contributed by atoms with E-state index in [1.807, 2.05) is 6.92 Å². The monoisotopic (exact) mass is 512 g/mol. The van der Waals surface area contributed by atoms with Crippen molar-refractivity contribution in [1.82, 2.24) is 0 Å². The van der Waals surface area contributed by atoms with E-state index < -0.39 is 6.10 Å². The average Bonchev–Trinajstić information content (AvgIpc) is 2.87. The van der Waals surface area contributed by atoms with Crippen molar-refractivity contribution in [2.75, 3.05) is 13.2 Å². The Morgan fingerprint density at radius 1 is 0.528 bits per heavy atom. The minimum atomic E-state index is -0.756. The zero-order chi connectivity index (χ0) is 26.5. The van der Waals surface area contributed by atoms with E-state index >= 15 is 0 Å². The molecule has 5 nitrogen and oxygen atoms in total. The summed E-state index contributed by atoms with van der Waals surface area (Å²) < 4.78 is 10.2. The number of hydrogen-bond acceptors (Lipinski definition) is 5. The van der Waals surface area contributed by atoms with Gasteiger partial charge in [0.2, 0.25) is 0 Å². The van der Waals surface area contributed by atoms with E-state index in [2.05, 4.69) is 6.92 Å². The van der Waals surface area contributed by atoms with Gasteiger partial charge in [-0.3, -0.25) is 9.59 Å². The van der Waals surface area contributed by atoms with Crippen molar-refractivity contribution in [3.8, 4) is 0 Å². The number of esters is 2. The van der Waals surface area contributed by atoms with Gasteiger partial charge in [-0.15, -0.1) is 0 Å². The van der Waals surface area contributed by atoms with Gasteiger partial charge in [0.1, 0.15) is 6.61 Å². The summed E-state index contributed by atoms with van der Waals surface area (Å²) in [6.07, 6.45) is 28.7. The van der Waals surface area contributed by atoms with E-state index in [1.165, 1.54) is 116 Å². The second-order valence-corrected chi connectivity index (χ2v) is 10.5. The number of hydrogen-bond donors (Lipinski definition) is 1. The average molecular weight is 513 g/mol. The molecule has 36 heavy (non-hydrogen) atoms. The van der Waals surface area contributed by atoms with Gasteiger partial charge in [-0.05, 0) is 12.8 Å². The normalized spacial score (nSPS) is 12.0. The standard InChI is InChI=1S/C31H60O5/c1-3-5-6-7-8-9-10-11-12-13-14-15-16-17-18-19-20-21-22-23-24-26-31(34)36-29(27-32)28-35-30(33)25-4-2/h29,32H,3-28H2,1-2H3. The second kappa shape index (κ2) is 28.5. The third-order valence-electron chi connectivity index (χ3n) is 6.87. The van der Waals surface area contributed by atoms with Crippen molar-refractivity contribution >= 4 is 11.9 Å². The summed E-state index contributed by atoms with van der Waals surface area (Å²) in [5, 5.41) is 9.30. The first-order chi connectivity index (χ1) is 17.6. The number of aliphatic hydroxyl groups is 1. The fourth-order valence-corrected chi connectivity index (χ4v) is 4.53. The highest BCUT2D eigenvalue weighted by Crippen LogP contribution is 2.15. The summed E-state index contributed by atoms with van der Waals surface area (Å²) in [6.45, 7) is 3.78. The second-order valence-electron chi connectivity index (χ2n) is 10.5. The first-order valence-corrected chi connectivity index (χ1v) is 15.6. The Morgan fingerprint density at radius 2 is 0.917 bits per heavy atom. The molecule has 0 spiro atoms. The molecule has 1 unspecified atom stereocenters. The maximum atomic E-state index is 11.9. The largest absolute Gasteiger partial charge is 0.462 e. The maximum Gasteiger partial charge on any atom is 0.306 e. The van der Waals surface area contributed by atoms with Gasteiger partial charge in [0.15, 0.2) is 6.10 Å². The number of ether oxygens (including phenoxy) is 2. The van der Waals surface area contributed by atoms with E-state index in [0.717, 1.165) is 19.3 Å². The molecule has 0 radical (unpaired) electrons. The van der Waals surface area contributed by atoms with Crippen molar-refractivity contribution in [3.05, 3.63) is 0 Å². The van der Waals surface area contributed by atoms with Crippen LogP contribution >= 0.6 is 0 Å². The van der Waals surface area contributed by atoms with Crippen molar-refractivity contribution in [3.63, 3.8) is 0 Å². The van der Waals surface area contributed by atoms with Crippen LogP contribution < -0.4 is 0 Å². The van der Waals surface area contributed by atoms with Crippen molar-refractivity contribution < 1.29 is 24.2 Å². The predicted molar refractivity (Wildman–Crippen MR) is 150 cm³/mol. The summed E-state index contributed by atoms with van der Waals surface area (Å²) in [7, 11) is 0. The molecule has 0 rings (SSSR count). The fraction of sp³-hybridized carbons (Fsp3) is 0.935. The molecule has 0 amide bonds. The molecule has 1 atom stereocenters. The SMILES string of the molecule is CCCCCCCCCCCCCCCCCCCCCCCC(=O)OC(CO)COC(=O)CCC. The number of unbranched alkanes of at least 4 members (excludes halogenated alkanes) is 20. The predicted octanol–water partition coefficient (Wildman–Crippen LogP) is 8.84. The molecule has 214 valence electrons. The number of carbonyl (C=O) groups excluding carboxylic acids is 2. The quantitative estimate of drug-likeness (QED) is 0.0837. The Bertz CT molecular complexity index is 480. The molecule has 0 aromatic rings. The van der Waals surface area contributed by atoms with E-state index in [9.17, 15) is 14.7 Å². The van der Waals surface area contributed by atoms with Crippen LogP contribution in [-0.4, -0.2) is 36.4 Å². The summed E-state index contributed by atoms with van der Waals surface area (Å²) in [6, 6.07) is 0. The molecule has 0 saturated heterocycles. The minimum absolute atomic E-state index is 0.0691. The maximum absolute atomic E-state index is 11.9. The minimum Gasteiger partial charge on any atom is -0.462 e. The van der Waals surface area contributed by atoms with Gasteiger partial charge >= 0.3 is 11.9 Å². The lowest BCUT2D eigenvalue weighted by atomic mass is 10.0. The van der Waals surface area contributed by atoms with Gasteiger partial charge in [-0.25, -0.2) is 0 Å². The lowest BCUT2D eigenvalue weighted by Crippen LogP contribution is -2.28. The van der Waals surface area contributed by atoms with Crippen LogP contribution in [0.1, 0.15) is 168 Å². The topological polar surface area (TPSA) is 72.8 Å². The van der Waals surface area contributed by atoms with Gasteiger partial charge in [-0.1, -0.05) is 142 Å². The molecule has 0 bridgehead atoms. The molecule has 0 aromatic carbocycles. The van der Waals surface area contributed by atoms with Crippen molar-refractivity contribution in [1.29, 1.82) is 0 Å². The zero-order valence-electron chi connectivity index (χ0n) is 24.0. The van der Waals surface area contributed by atoms with Crippen LogP contribution in [0.2, 0.25) is 0 Å². The van der Waals surface area contributed by atoms with Crippen LogP contribution in [0, 0.1) is 0 Å². The first kappa shape index (κ1) is 34.9. The van der Waals surface area contributed by atoms with Crippen LogP contribution in [0.15, 0.2) is 0 Å². The Hall–Kier alpha value is -1.10.